The Kier molecular flexibility index (Phi) is 7.39. The number of likely N-dealkylation sites (N-methyl/N-ethyl adjacent to an activating group) is 1. The highest BCUT2D eigenvalue weighted by Crippen LogP contribution is 2.26. The molecule has 0 spiro atoms. The van der Waals surface area contributed by atoms with Gasteiger partial charge >= 0.3 is 0 Å². The SMILES string of the molecule is CSc1cnc2c(NCCN3CCOCC3)nc(-c3ccc(N4CCN(C)CC4)cc3)nc2n1. The second-order valence-electron chi connectivity index (χ2n) is 8.70. The largest absolute Gasteiger partial charge is 0.379 e. The number of morpholine rings is 1. The first-order chi connectivity index (χ1) is 16.7. The van der Waals surface area contributed by atoms with E-state index in [1.807, 2.05) is 6.26 Å². The number of ether oxygens (including phenoxy) is 1. The standard InChI is InChI=1S/C24H32N8OS/c1-30-9-11-32(12-10-30)19-5-3-18(4-6-19)22-28-23(25-7-8-31-13-15-33-16-14-31)21-24(29-22)27-20(34-2)17-26-21/h3-6,17H,7-16H2,1-2H3,(H,25,27,28,29). The molecule has 2 fully saturated rings. The van der Waals surface area contributed by atoms with Crippen molar-refractivity contribution in [3.63, 3.8) is 0 Å². The van der Waals surface area contributed by atoms with E-state index in [4.69, 9.17) is 19.7 Å². The molecule has 4 heterocycles. The van der Waals surface area contributed by atoms with Gasteiger partial charge in [-0.3, -0.25) is 4.90 Å². The van der Waals surface area contributed by atoms with Crippen LogP contribution < -0.4 is 10.2 Å². The van der Waals surface area contributed by atoms with Gasteiger partial charge in [-0.15, -0.1) is 11.8 Å². The summed E-state index contributed by atoms with van der Waals surface area (Å²) in [7, 11) is 2.18. The first-order valence-electron chi connectivity index (χ1n) is 11.9. The Bertz CT molecular complexity index is 1100. The fraction of sp³-hybridized carbons (Fsp3) is 0.500. The Morgan fingerprint density at radius 3 is 2.47 bits per heavy atom. The molecule has 3 aromatic rings. The van der Waals surface area contributed by atoms with Crippen LogP contribution in [0.1, 0.15) is 0 Å². The molecule has 0 radical (unpaired) electrons. The maximum atomic E-state index is 5.45. The van der Waals surface area contributed by atoms with Crippen molar-refractivity contribution >= 4 is 34.4 Å². The summed E-state index contributed by atoms with van der Waals surface area (Å²) in [6.07, 6.45) is 3.78. The summed E-state index contributed by atoms with van der Waals surface area (Å²) in [5, 5.41) is 4.34. The van der Waals surface area contributed by atoms with E-state index in [2.05, 4.69) is 56.3 Å². The average molecular weight is 481 g/mol. The molecule has 1 N–H and O–H groups in total. The number of aromatic nitrogens is 4. The van der Waals surface area contributed by atoms with Crippen LogP contribution in [0.15, 0.2) is 35.5 Å². The molecule has 0 unspecified atom stereocenters. The van der Waals surface area contributed by atoms with Gasteiger partial charge in [0.2, 0.25) is 0 Å². The molecule has 5 rings (SSSR count). The lowest BCUT2D eigenvalue weighted by atomic mass is 10.1. The van der Waals surface area contributed by atoms with E-state index in [1.54, 1.807) is 18.0 Å². The Balaban J connectivity index is 1.38. The predicted molar refractivity (Wildman–Crippen MR) is 138 cm³/mol. The van der Waals surface area contributed by atoms with E-state index in [0.717, 1.165) is 82.0 Å². The lowest BCUT2D eigenvalue weighted by Crippen LogP contribution is -2.44. The number of hydrogen-bond acceptors (Lipinski definition) is 10. The van der Waals surface area contributed by atoms with Gasteiger partial charge < -0.3 is 19.9 Å². The van der Waals surface area contributed by atoms with E-state index in [9.17, 15) is 0 Å². The van der Waals surface area contributed by atoms with Crippen LogP contribution in [0.2, 0.25) is 0 Å². The molecular weight excluding hydrogens is 448 g/mol. The summed E-state index contributed by atoms with van der Waals surface area (Å²) in [5.41, 5.74) is 3.55. The third-order valence-electron chi connectivity index (χ3n) is 6.41. The number of nitrogens with zero attached hydrogens (tertiary/aromatic N) is 7. The van der Waals surface area contributed by atoms with Gasteiger partial charge in [-0.2, -0.15) is 0 Å². The second kappa shape index (κ2) is 10.8. The molecule has 0 bridgehead atoms. The van der Waals surface area contributed by atoms with Crippen molar-refractivity contribution in [3.8, 4) is 11.4 Å². The zero-order valence-electron chi connectivity index (χ0n) is 19.9. The average Bonchev–Trinajstić information content (AvgIpc) is 2.89. The minimum atomic E-state index is 0.619. The molecule has 2 aliphatic heterocycles. The monoisotopic (exact) mass is 480 g/mol. The highest BCUT2D eigenvalue weighted by Gasteiger charge is 2.16. The summed E-state index contributed by atoms with van der Waals surface area (Å²) >= 11 is 1.56. The molecule has 9 nitrogen and oxygen atoms in total. The van der Waals surface area contributed by atoms with Crippen LogP contribution in [-0.2, 0) is 4.74 Å². The van der Waals surface area contributed by atoms with Crippen molar-refractivity contribution in [2.45, 2.75) is 5.03 Å². The number of hydrogen-bond donors (Lipinski definition) is 1. The second-order valence-corrected chi connectivity index (χ2v) is 9.52. The molecule has 10 heteroatoms. The van der Waals surface area contributed by atoms with Gasteiger partial charge in [-0.05, 0) is 37.6 Å². The van der Waals surface area contributed by atoms with Gasteiger partial charge in [-0.25, -0.2) is 19.9 Å². The minimum absolute atomic E-state index is 0.619. The van der Waals surface area contributed by atoms with E-state index in [1.165, 1.54) is 5.69 Å². The molecule has 2 saturated heterocycles. The fourth-order valence-electron chi connectivity index (χ4n) is 4.29. The van der Waals surface area contributed by atoms with Crippen LogP contribution >= 0.6 is 11.8 Å². The Morgan fingerprint density at radius 2 is 1.74 bits per heavy atom. The van der Waals surface area contributed by atoms with Gasteiger partial charge in [0.15, 0.2) is 22.8 Å². The maximum absolute atomic E-state index is 5.45. The summed E-state index contributed by atoms with van der Waals surface area (Å²) in [6, 6.07) is 8.56. The number of fused-ring (bicyclic) bond motifs is 1. The van der Waals surface area contributed by atoms with Crippen LogP contribution in [0.3, 0.4) is 0 Å². The van der Waals surface area contributed by atoms with Gasteiger partial charge in [0.1, 0.15) is 5.03 Å². The lowest BCUT2D eigenvalue weighted by Gasteiger charge is -2.34. The number of thioether (sulfide) groups is 1. The first kappa shape index (κ1) is 23.2. The summed E-state index contributed by atoms with van der Waals surface area (Å²) in [6.45, 7) is 9.51. The van der Waals surface area contributed by atoms with Crippen LogP contribution in [0.4, 0.5) is 11.5 Å². The maximum Gasteiger partial charge on any atom is 0.185 e. The molecule has 0 aliphatic carbocycles. The van der Waals surface area contributed by atoms with E-state index in [-0.39, 0.29) is 0 Å². The molecule has 180 valence electrons. The summed E-state index contributed by atoms with van der Waals surface area (Å²) < 4.78 is 5.45. The first-order valence-corrected chi connectivity index (χ1v) is 13.1. The number of nitrogens with one attached hydrogen (secondary N) is 1. The van der Waals surface area contributed by atoms with Crippen molar-refractivity contribution in [2.24, 2.45) is 0 Å². The van der Waals surface area contributed by atoms with Gasteiger partial charge in [-0.1, -0.05) is 0 Å². The van der Waals surface area contributed by atoms with Crippen molar-refractivity contribution in [1.82, 2.24) is 29.7 Å². The molecule has 0 saturated carbocycles. The van der Waals surface area contributed by atoms with E-state index in [0.29, 0.717) is 17.0 Å². The fourth-order valence-corrected chi connectivity index (χ4v) is 4.62. The Morgan fingerprint density at radius 1 is 0.971 bits per heavy atom. The number of piperazine rings is 1. The van der Waals surface area contributed by atoms with Crippen LogP contribution in [0, 0.1) is 0 Å². The van der Waals surface area contributed by atoms with E-state index < -0.39 is 0 Å². The summed E-state index contributed by atoms with van der Waals surface area (Å²) in [5.74, 6) is 1.40. The van der Waals surface area contributed by atoms with Crippen LogP contribution in [0.25, 0.3) is 22.6 Å². The van der Waals surface area contributed by atoms with Gasteiger partial charge in [0.05, 0.1) is 19.4 Å². The van der Waals surface area contributed by atoms with Crippen molar-refractivity contribution in [1.29, 1.82) is 0 Å². The summed E-state index contributed by atoms with van der Waals surface area (Å²) in [4.78, 5) is 26.2. The number of rotatable bonds is 7. The van der Waals surface area contributed by atoms with Gasteiger partial charge in [0, 0.05) is 63.6 Å². The molecule has 0 amide bonds. The molecular formula is C24H32N8OS. The van der Waals surface area contributed by atoms with Crippen molar-refractivity contribution in [3.05, 3.63) is 30.5 Å². The molecule has 1 aromatic carbocycles. The number of benzene rings is 1. The third kappa shape index (κ3) is 5.41. The van der Waals surface area contributed by atoms with E-state index >= 15 is 0 Å². The van der Waals surface area contributed by atoms with Gasteiger partial charge in [0.25, 0.3) is 0 Å². The normalized spacial score (nSPS) is 17.9. The highest BCUT2D eigenvalue weighted by molar-refractivity contribution is 7.98. The topological polar surface area (TPSA) is 82.5 Å². The molecule has 2 aliphatic rings. The predicted octanol–water partition coefficient (Wildman–Crippen LogP) is 2.30. The van der Waals surface area contributed by atoms with Crippen molar-refractivity contribution in [2.75, 3.05) is 89.1 Å². The lowest BCUT2D eigenvalue weighted by molar-refractivity contribution is 0.0398. The zero-order chi connectivity index (χ0) is 23.3. The molecule has 2 aromatic heterocycles. The Hall–Kier alpha value is -2.53. The third-order valence-corrected chi connectivity index (χ3v) is 7.03. The zero-order valence-corrected chi connectivity index (χ0v) is 20.7. The van der Waals surface area contributed by atoms with Crippen molar-refractivity contribution < 1.29 is 4.74 Å². The molecule has 34 heavy (non-hydrogen) atoms. The van der Waals surface area contributed by atoms with Crippen LogP contribution in [-0.4, -0.2) is 109 Å². The quantitative estimate of drug-likeness (QED) is 0.509. The minimum Gasteiger partial charge on any atom is -0.379 e. The highest BCUT2D eigenvalue weighted by atomic mass is 32.2. The Labute approximate surface area is 204 Å². The number of anilines is 2. The molecule has 0 atom stereocenters. The smallest absolute Gasteiger partial charge is 0.185 e. The van der Waals surface area contributed by atoms with Crippen LogP contribution in [0.5, 0.6) is 0 Å².